The van der Waals surface area contributed by atoms with Crippen LogP contribution in [0.25, 0.3) is 22.4 Å². The summed E-state index contributed by atoms with van der Waals surface area (Å²) in [6.45, 7) is 1.44. The number of amides is 1. The molecule has 0 unspecified atom stereocenters. The second kappa shape index (κ2) is 5.27. The van der Waals surface area contributed by atoms with Gasteiger partial charge in [-0.1, -0.05) is 0 Å². The molecule has 0 atom stereocenters. The molecule has 0 spiro atoms. The fraction of sp³-hybridized carbons (Fsp3) is 0.0625. The van der Waals surface area contributed by atoms with Crippen molar-refractivity contribution in [1.29, 1.82) is 0 Å². The number of benzene rings is 1. The molecule has 4 aromatic rings. The molecular weight excluding hydrogens is 308 g/mol. The van der Waals surface area contributed by atoms with Crippen molar-refractivity contribution in [2.24, 2.45) is 0 Å². The highest BCUT2D eigenvalue weighted by atomic mass is 16.1. The first-order chi connectivity index (χ1) is 11.6. The van der Waals surface area contributed by atoms with Crippen LogP contribution in [0.2, 0.25) is 0 Å². The van der Waals surface area contributed by atoms with E-state index in [1.165, 1.54) is 28.5 Å². The Morgan fingerprint density at radius 3 is 2.67 bits per heavy atom. The molecule has 0 bridgehead atoms. The van der Waals surface area contributed by atoms with E-state index in [2.05, 4.69) is 20.4 Å². The van der Waals surface area contributed by atoms with Gasteiger partial charge in [0.15, 0.2) is 0 Å². The summed E-state index contributed by atoms with van der Waals surface area (Å²) in [7, 11) is 0. The SMILES string of the molecule is CC(=O)Nc1ccc(-n2ccc3c(cnc4ncnn43)c2=O)cc1. The van der Waals surface area contributed by atoms with Crippen LogP contribution in [0.3, 0.4) is 0 Å². The second-order valence-electron chi connectivity index (χ2n) is 5.25. The maximum atomic E-state index is 12.7. The Morgan fingerprint density at radius 2 is 1.92 bits per heavy atom. The number of hydrogen-bond acceptors (Lipinski definition) is 5. The zero-order chi connectivity index (χ0) is 16.7. The molecule has 8 heteroatoms. The first-order valence-corrected chi connectivity index (χ1v) is 7.21. The standard InChI is InChI=1S/C16H12N6O2/c1-10(23)20-11-2-4-12(5-3-11)21-7-6-14-13(15(21)24)8-17-16-18-9-19-22(14)16/h2-9H,1H3,(H,20,23). The predicted octanol–water partition coefficient (Wildman–Crippen LogP) is 1.39. The second-order valence-corrected chi connectivity index (χ2v) is 5.25. The molecule has 4 rings (SSSR count). The van der Waals surface area contributed by atoms with Crippen LogP contribution >= 0.6 is 0 Å². The number of carbonyl (C=O) groups excluding carboxylic acids is 1. The third kappa shape index (κ3) is 2.21. The summed E-state index contributed by atoms with van der Waals surface area (Å²) in [6.07, 6.45) is 4.58. The van der Waals surface area contributed by atoms with E-state index in [0.29, 0.717) is 28.1 Å². The number of fused-ring (bicyclic) bond motifs is 3. The zero-order valence-electron chi connectivity index (χ0n) is 12.7. The monoisotopic (exact) mass is 320 g/mol. The van der Waals surface area contributed by atoms with Gasteiger partial charge < -0.3 is 5.32 Å². The molecule has 118 valence electrons. The van der Waals surface area contributed by atoms with Crippen molar-refractivity contribution in [2.75, 3.05) is 5.32 Å². The van der Waals surface area contributed by atoms with E-state index in [-0.39, 0.29) is 11.5 Å². The van der Waals surface area contributed by atoms with Crippen LogP contribution in [0.4, 0.5) is 5.69 Å². The van der Waals surface area contributed by atoms with Gasteiger partial charge in [-0.2, -0.15) is 14.6 Å². The average Bonchev–Trinajstić information content (AvgIpc) is 3.04. The van der Waals surface area contributed by atoms with Crippen molar-refractivity contribution in [1.82, 2.24) is 24.1 Å². The van der Waals surface area contributed by atoms with Crippen molar-refractivity contribution in [3.8, 4) is 5.69 Å². The lowest BCUT2D eigenvalue weighted by atomic mass is 10.2. The highest BCUT2D eigenvalue weighted by Gasteiger charge is 2.09. The van der Waals surface area contributed by atoms with Crippen molar-refractivity contribution >= 4 is 28.3 Å². The van der Waals surface area contributed by atoms with E-state index >= 15 is 0 Å². The quantitative estimate of drug-likeness (QED) is 0.602. The van der Waals surface area contributed by atoms with Crippen LogP contribution in [0.1, 0.15) is 6.92 Å². The number of carbonyl (C=O) groups is 1. The fourth-order valence-electron chi connectivity index (χ4n) is 2.58. The lowest BCUT2D eigenvalue weighted by Gasteiger charge is -2.09. The molecule has 24 heavy (non-hydrogen) atoms. The average molecular weight is 320 g/mol. The van der Waals surface area contributed by atoms with E-state index in [1.807, 2.05) is 0 Å². The number of anilines is 1. The lowest BCUT2D eigenvalue weighted by molar-refractivity contribution is -0.114. The van der Waals surface area contributed by atoms with Gasteiger partial charge in [0.2, 0.25) is 5.91 Å². The molecule has 0 aliphatic rings. The van der Waals surface area contributed by atoms with E-state index in [4.69, 9.17) is 0 Å². The number of aromatic nitrogens is 5. The van der Waals surface area contributed by atoms with Gasteiger partial charge in [0, 0.05) is 30.7 Å². The Bertz CT molecular complexity index is 1130. The third-order valence-electron chi connectivity index (χ3n) is 3.64. The molecular formula is C16H12N6O2. The third-order valence-corrected chi connectivity index (χ3v) is 3.64. The zero-order valence-corrected chi connectivity index (χ0v) is 12.7. The summed E-state index contributed by atoms with van der Waals surface area (Å²) >= 11 is 0. The first-order valence-electron chi connectivity index (χ1n) is 7.21. The summed E-state index contributed by atoms with van der Waals surface area (Å²) in [5, 5.41) is 7.22. The van der Waals surface area contributed by atoms with Crippen molar-refractivity contribution in [3.05, 3.63) is 59.4 Å². The van der Waals surface area contributed by atoms with Gasteiger partial charge >= 0.3 is 0 Å². The van der Waals surface area contributed by atoms with E-state index in [9.17, 15) is 9.59 Å². The highest BCUT2D eigenvalue weighted by molar-refractivity contribution is 5.88. The summed E-state index contributed by atoms with van der Waals surface area (Å²) in [5.41, 5.74) is 1.80. The van der Waals surface area contributed by atoms with Crippen LogP contribution in [0, 0.1) is 0 Å². The van der Waals surface area contributed by atoms with E-state index in [1.54, 1.807) is 36.5 Å². The number of rotatable bonds is 2. The van der Waals surface area contributed by atoms with Gasteiger partial charge in [-0.15, -0.1) is 0 Å². The minimum absolute atomic E-state index is 0.145. The molecule has 0 saturated carbocycles. The van der Waals surface area contributed by atoms with Crippen LogP contribution in [0.5, 0.6) is 0 Å². The molecule has 8 nitrogen and oxygen atoms in total. The molecule has 1 aromatic carbocycles. The first kappa shape index (κ1) is 14.1. The van der Waals surface area contributed by atoms with Crippen LogP contribution in [-0.4, -0.2) is 30.1 Å². The molecule has 1 amide bonds. The fourth-order valence-corrected chi connectivity index (χ4v) is 2.58. The Kier molecular flexibility index (Phi) is 3.09. The van der Waals surface area contributed by atoms with Crippen molar-refractivity contribution in [3.63, 3.8) is 0 Å². The summed E-state index contributed by atoms with van der Waals surface area (Å²) in [4.78, 5) is 32.0. The van der Waals surface area contributed by atoms with Gasteiger partial charge in [-0.05, 0) is 30.3 Å². The maximum absolute atomic E-state index is 12.7. The van der Waals surface area contributed by atoms with Crippen molar-refractivity contribution in [2.45, 2.75) is 6.92 Å². The van der Waals surface area contributed by atoms with Gasteiger partial charge in [0.1, 0.15) is 6.33 Å². The molecule has 0 aliphatic carbocycles. The summed E-state index contributed by atoms with van der Waals surface area (Å²) < 4.78 is 3.05. The van der Waals surface area contributed by atoms with Crippen LogP contribution < -0.4 is 10.9 Å². The number of hydrogen-bond donors (Lipinski definition) is 1. The Hall–Kier alpha value is -3.55. The van der Waals surface area contributed by atoms with E-state index in [0.717, 1.165) is 0 Å². The molecule has 3 heterocycles. The molecule has 1 N–H and O–H groups in total. The molecule has 0 radical (unpaired) electrons. The molecule has 3 aromatic heterocycles. The molecule has 0 saturated heterocycles. The van der Waals surface area contributed by atoms with Gasteiger partial charge in [0.05, 0.1) is 10.9 Å². The lowest BCUT2D eigenvalue weighted by Crippen LogP contribution is -2.19. The van der Waals surface area contributed by atoms with E-state index < -0.39 is 0 Å². The number of nitrogens with zero attached hydrogens (tertiary/aromatic N) is 5. The minimum atomic E-state index is -0.204. The molecule has 0 fully saturated rings. The van der Waals surface area contributed by atoms with Gasteiger partial charge in [-0.3, -0.25) is 14.2 Å². The topological polar surface area (TPSA) is 94.2 Å². The molecule has 0 aliphatic heterocycles. The minimum Gasteiger partial charge on any atom is -0.326 e. The normalized spacial score (nSPS) is 11.0. The Labute approximate surface area is 135 Å². The van der Waals surface area contributed by atoms with Crippen LogP contribution in [0.15, 0.2) is 53.8 Å². The Morgan fingerprint density at radius 1 is 1.12 bits per heavy atom. The summed E-state index contributed by atoms with van der Waals surface area (Å²) in [6, 6.07) is 8.81. The Balaban J connectivity index is 1.85. The highest BCUT2D eigenvalue weighted by Crippen LogP contribution is 2.14. The summed E-state index contributed by atoms with van der Waals surface area (Å²) in [5.74, 6) is 0.299. The van der Waals surface area contributed by atoms with Gasteiger partial charge in [0.25, 0.3) is 11.3 Å². The predicted molar refractivity (Wildman–Crippen MR) is 88.2 cm³/mol. The van der Waals surface area contributed by atoms with Gasteiger partial charge in [-0.25, -0.2) is 4.98 Å². The largest absolute Gasteiger partial charge is 0.326 e. The maximum Gasteiger partial charge on any atom is 0.266 e. The number of nitrogens with one attached hydrogen (secondary N) is 1. The van der Waals surface area contributed by atoms with Crippen LogP contribution in [-0.2, 0) is 4.79 Å². The smallest absolute Gasteiger partial charge is 0.266 e. The number of pyridine rings is 1. The van der Waals surface area contributed by atoms with Crippen molar-refractivity contribution < 1.29 is 4.79 Å².